The van der Waals surface area contributed by atoms with Gasteiger partial charge in [0.25, 0.3) is 11.8 Å². The molecule has 0 bridgehead atoms. The minimum absolute atomic E-state index is 0.00836. The van der Waals surface area contributed by atoms with E-state index in [0.29, 0.717) is 43.9 Å². The van der Waals surface area contributed by atoms with Crippen molar-refractivity contribution in [3.8, 4) is 0 Å². The molecule has 208 valence electrons. The molecule has 10 nitrogen and oxygen atoms in total. The summed E-state index contributed by atoms with van der Waals surface area (Å²) in [7, 11) is -3.10. The van der Waals surface area contributed by atoms with E-state index in [-0.39, 0.29) is 48.5 Å². The summed E-state index contributed by atoms with van der Waals surface area (Å²) >= 11 is 0. The van der Waals surface area contributed by atoms with Gasteiger partial charge in [-0.05, 0) is 65.3 Å². The molecule has 0 unspecified atom stereocenters. The Morgan fingerprint density at radius 1 is 0.842 bits per heavy atom. The van der Waals surface area contributed by atoms with Crippen LogP contribution >= 0.6 is 0 Å². The summed E-state index contributed by atoms with van der Waals surface area (Å²) in [5.41, 5.74) is 1.28. The number of fused-ring (bicyclic) bond motifs is 1. The first kappa shape index (κ1) is 27.9. The lowest BCUT2D eigenvalue weighted by Gasteiger charge is -2.27. The monoisotopic (exact) mass is 546 g/mol. The van der Waals surface area contributed by atoms with Crippen LogP contribution in [0.15, 0.2) is 24.3 Å². The van der Waals surface area contributed by atoms with Gasteiger partial charge in [-0.25, -0.2) is 13.2 Å². The summed E-state index contributed by atoms with van der Waals surface area (Å²) < 4.78 is 31.1. The van der Waals surface area contributed by atoms with Crippen molar-refractivity contribution in [2.45, 2.75) is 52.7 Å². The third-order valence-electron chi connectivity index (χ3n) is 6.89. The van der Waals surface area contributed by atoms with E-state index in [1.807, 2.05) is 51.3 Å². The number of carbonyl (C=O) groups is 3. The zero-order chi connectivity index (χ0) is 27.8. The Kier molecular flexibility index (Phi) is 7.79. The molecule has 0 saturated carbocycles. The SMILES string of the molecule is CC(C)n1c(C(=O)N2CCS(=O)(=O)CC2)cc2cc(C(=O)N3CCCN(C(=O)OC(C)(C)C)CC3)ccc21. The first-order chi connectivity index (χ1) is 17.8. The van der Waals surface area contributed by atoms with E-state index in [1.54, 1.807) is 26.8 Å². The van der Waals surface area contributed by atoms with Gasteiger partial charge in [0.1, 0.15) is 11.3 Å². The van der Waals surface area contributed by atoms with Crippen LogP contribution in [0.2, 0.25) is 0 Å². The van der Waals surface area contributed by atoms with Gasteiger partial charge in [-0.15, -0.1) is 0 Å². The molecule has 0 aliphatic carbocycles. The molecule has 2 saturated heterocycles. The van der Waals surface area contributed by atoms with E-state index in [2.05, 4.69) is 0 Å². The Balaban J connectivity index is 1.53. The van der Waals surface area contributed by atoms with Crippen molar-refractivity contribution in [1.82, 2.24) is 19.3 Å². The molecule has 38 heavy (non-hydrogen) atoms. The first-order valence-corrected chi connectivity index (χ1v) is 15.0. The van der Waals surface area contributed by atoms with Crippen LogP contribution in [0.5, 0.6) is 0 Å². The zero-order valence-corrected chi connectivity index (χ0v) is 23.7. The van der Waals surface area contributed by atoms with Gasteiger partial charge in [0, 0.05) is 61.8 Å². The standard InChI is InChI=1S/C27H38N4O6S/c1-19(2)31-22-8-7-20(17-21(22)18-23(31)25(33)29-13-15-38(35,36)16-14-29)24(32)28-9-6-10-30(12-11-28)26(34)37-27(3,4)5/h7-8,17-19H,6,9-16H2,1-5H3. The molecule has 1 aromatic heterocycles. The Morgan fingerprint density at radius 3 is 2.08 bits per heavy atom. The van der Waals surface area contributed by atoms with Crippen LogP contribution in [-0.4, -0.2) is 102 Å². The van der Waals surface area contributed by atoms with Crippen molar-refractivity contribution in [1.29, 1.82) is 0 Å². The lowest BCUT2D eigenvalue weighted by molar-refractivity contribution is 0.0255. The third-order valence-corrected chi connectivity index (χ3v) is 8.50. The van der Waals surface area contributed by atoms with Gasteiger partial charge >= 0.3 is 6.09 Å². The van der Waals surface area contributed by atoms with Crippen molar-refractivity contribution < 1.29 is 27.5 Å². The van der Waals surface area contributed by atoms with Gasteiger partial charge in [-0.3, -0.25) is 9.59 Å². The molecule has 2 aromatic rings. The van der Waals surface area contributed by atoms with Crippen LogP contribution < -0.4 is 0 Å². The molecule has 3 heterocycles. The maximum Gasteiger partial charge on any atom is 0.410 e. The van der Waals surface area contributed by atoms with E-state index >= 15 is 0 Å². The number of sulfone groups is 1. The predicted molar refractivity (Wildman–Crippen MR) is 145 cm³/mol. The van der Waals surface area contributed by atoms with Crippen molar-refractivity contribution >= 4 is 38.6 Å². The van der Waals surface area contributed by atoms with E-state index in [0.717, 1.165) is 10.9 Å². The molecule has 3 amide bonds. The van der Waals surface area contributed by atoms with Gasteiger partial charge in [-0.2, -0.15) is 0 Å². The lowest BCUT2D eigenvalue weighted by atomic mass is 10.1. The van der Waals surface area contributed by atoms with E-state index in [4.69, 9.17) is 4.74 Å². The van der Waals surface area contributed by atoms with Crippen LogP contribution in [0.4, 0.5) is 4.79 Å². The number of amides is 3. The fourth-order valence-corrected chi connectivity index (χ4v) is 6.18. The van der Waals surface area contributed by atoms with E-state index in [1.165, 1.54) is 0 Å². The molecule has 0 spiro atoms. The Hall–Kier alpha value is -3.08. The number of hydrogen-bond acceptors (Lipinski definition) is 6. The van der Waals surface area contributed by atoms with Crippen LogP contribution in [-0.2, 0) is 14.6 Å². The summed E-state index contributed by atoms with van der Waals surface area (Å²) in [6.07, 6.45) is 0.285. The average molecular weight is 547 g/mol. The molecule has 4 rings (SSSR count). The number of ether oxygens (including phenoxy) is 1. The second-order valence-corrected chi connectivity index (χ2v) is 13.6. The highest BCUT2D eigenvalue weighted by molar-refractivity contribution is 7.91. The van der Waals surface area contributed by atoms with Crippen molar-refractivity contribution in [2.24, 2.45) is 0 Å². The van der Waals surface area contributed by atoms with Crippen LogP contribution in [0, 0.1) is 0 Å². The number of carbonyl (C=O) groups excluding carboxylic acids is 3. The molecule has 0 N–H and O–H groups in total. The molecule has 0 atom stereocenters. The van der Waals surface area contributed by atoms with Gasteiger partial charge in [0.15, 0.2) is 9.84 Å². The van der Waals surface area contributed by atoms with Gasteiger partial charge in [0.2, 0.25) is 0 Å². The topological polar surface area (TPSA) is 109 Å². The Bertz CT molecular complexity index is 1330. The van der Waals surface area contributed by atoms with Crippen LogP contribution in [0.1, 0.15) is 67.9 Å². The summed E-state index contributed by atoms with van der Waals surface area (Å²) in [5, 5.41) is 0.780. The maximum absolute atomic E-state index is 13.4. The van der Waals surface area contributed by atoms with Crippen LogP contribution in [0.3, 0.4) is 0 Å². The quantitative estimate of drug-likeness (QED) is 0.585. The first-order valence-electron chi connectivity index (χ1n) is 13.2. The maximum atomic E-state index is 13.4. The highest BCUT2D eigenvalue weighted by atomic mass is 32.2. The van der Waals surface area contributed by atoms with Gasteiger partial charge in [-0.1, -0.05) is 0 Å². The predicted octanol–water partition coefficient (Wildman–Crippen LogP) is 3.18. The minimum atomic E-state index is -3.10. The highest BCUT2D eigenvalue weighted by Gasteiger charge is 2.30. The highest BCUT2D eigenvalue weighted by Crippen LogP contribution is 2.27. The Labute approximate surface area is 224 Å². The number of rotatable bonds is 3. The number of nitrogens with zero attached hydrogens (tertiary/aromatic N) is 4. The largest absolute Gasteiger partial charge is 0.444 e. The van der Waals surface area contributed by atoms with Crippen molar-refractivity contribution in [2.75, 3.05) is 50.8 Å². The smallest absolute Gasteiger partial charge is 0.410 e. The van der Waals surface area contributed by atoms with E-state index < -0.39 is 15.4 Å². The second kappa shape index (κ2) is 10.6. The van der Waals surface area contributed by atoms with Crippen molar-refractivity contribution in [3.05, 3.63) is 35.5 Å². The molecule has 2 fully saturated rings. The van der Waals surface area contributed by atoms with Gasteiger partial charge in [0.05, 0.1) is 11.5 Å². The summed E-state index contributed by atoms with van der Waals surface area (Å²) in [6.45, 7) is 11.7. The lowest BCUT2D eigenvalue weighted by Crippen LogP contribution is -2.44. The second-order valence-electron chi connectivity index (χ2n) is 11.3. The zero-order valence-electron chi connectivity index (χ0n) is 22.9. The molecule has 11 heteroatoms. The van der Waals surface area contributed by atoms with E-state index in [9.17, 15) is 22.8 Å². The average Bonchev–Trinajstić information content (AvgIpc) is 3.03. The normalized spacial score (nSPS) is 18.5. The molecule has 0 radical (unpaired) electrons. The molecule has 2 aliphatic heterocycles. The fourth-order valence-electron chi connectivity index (χ4n) is 4.98. The number of aromatic nitrogens is 1. The van der Waals surface area contributed by atoms with Gasteiger partial charge < -0.3 is 24.0 Å². The van der Waals surface area contributed by atoms with Crippen LogP contribution in [0.25, 0.3) is 10.9 Å². The molecule has 2 aliphatic rings. The molecular weight excluding hydrogens is 508 g/mol. The fraction of sp³-hybridized carbons (Fsp3) is 0.593. The summed E-state index contributed by atoms with van der Waals surface area (Å²) in [5.74, 6) is -0.377. The number of hydrogen-bond donors (Lipinski definition) is 0. The summed E-state index contributed by atoms with van der Waals surface area (Å²) in [4.78, 5) is 44.3. The van der Waals surface area contributed by atoms with Crippen molar-refractivity contribution in [3.63, 3.8) is 0 Å². The molecule has 1 aromatic carbocycles. The third kappa shape index (κ3) is 6.14. The Morgan fingerprint density at radius 2 is 1.45 bits per heavy atom. The molecular formula is C27H38N4O6S. The minimum Gasteiger partial charge on any atom is -0.444 e. The summed E-state index contributed by atoms with van der Waals surface area (Å²) in [6, 6.07) is 7.24. The number of benzene rings is 1.